The maximum atomic E-state index is 14.3. The Bertz CT molecular complexity index is 1170. The molecule has 1 amide bonds. The number of nitrogens with one attached hydrogen (secondary N) is 1. The molecule has 0 aliphatic heterocycles. The first-order chi connectivity index (χ1) is 15.2. The van der Waals surface area contributed by atoms with E-state index in [-0.39, 0.29) is 23.5 Å². The van der Waals surface area contributed by atoms with E-state index < -0.39 is 41.0 Å². The Balaban J connectivity index is 2.14. The average Bonchev–Trinajstić information content (AvgIpc) is 3.10. The number of anilines is 1. The third kappa shape index (κ3) is 5.21. The molecule has 0 aliphatic rings. The van der Waals surface area contributed by atoms with E-state index in [0.717, 1.165) is 42.9 Å². The number of nitrogens with zero attached hydrogens (tertiary/aromatic N) is 4. The zero-order valence-corrected chi connectivity index (χ0v) is 16.8. The summed E-state index contributed by atoms with van der Waals surface area (Å²) in [5.41, 5.74) is -4.24. The van der Waals surface area contributed by atoms with Crippen LogP contribution in [0.4, 0.5) is 36.6 Å². The smallest absolute Gasteiger partial charge is 0.434 e. The summed E-state index contributed by atoms with van der Waals surface area (Å²) in [7, 11) is 0. The first-order valence-corrected chi connectivity index (χ1v) is 8.98. The van der Waals surface area contributed by atoms with E-state index in [1.165, 1.54) is 0 Å². The minimum absolute atomic E-state index is 0.109. The van der Waals surface area contributed by atoms with Crippen molar-refractivity contribution < 1.29 is 40.3 Å². The Morgan fingerprint density at radius 2 is 1.73 bits per heavy atom. The zero-order chi connectivity index (χ0) is 24.6. The van der Waals surface area contributed by atoms with Gasteiger partial charge in [-0.1, -0.05) is 0 Å². The SMILES string of the molecule is CC(C)(Oc1cc(F)cc(-c2cc(NC=O)nn2-c2cncc(C(F)(F)F)n2)c1)C(F)(F)F. The van der Waals surface area contributed by atoms with E-state index in [4.69, 9.17) is 4.74 Å². The molecule has 14 heteroatoms. The quantitative estimate of drug-likeness (QED) is 0.409. The molecular weight excluding hydrogens is 463 g/mol. The highest BCUT2D eigenvalue weighted by Crippen LogP contribution is 2.36. The van der Waals surface area contributed by atoms with E-state index >= 15 is 0 Å². The fraction of sp³-hybridized carbons (Fsp3) is 0.263. The van der Waals surface area contributed by atoms with Crippen LogP contribution in [0.5, 0.6) is 5.75 Å². The molecule has 0 radical (unpaired) electrons. The average molecular weight is 477 g/mol. The van der Waals surface area contributed by atoms with Crippen molar-refractivity contribution in [2.75, 3.05) is 5.32 Å². The van der Waals surface area contributed by atoms with E-state index in [0.29, 0.717) is 12.3 Å². The number of aromatic nitrogens is 4. The van der Waals surface area contributed by atoms with Gasteiger partial charge in [0.1, 0.15) is 11.6 Å². The van der Waals surface area contributed by atoms with Crippen LogP contribution in [-0.4, -0.2) is 37.9 Å². The molecule has 0 saturated carbocycles. The number of amides is 1. The van der Waals surface area contributed by atoms with Crippen LogP contribution < -0.4 is 10.1 Å². The third-order valence-corrected chi connectivity index (χ3v) is 4.27. The molecule has 0 aliphatic carbocycles. The fourth-order valence-electron chi connectivity index (χ4n) is 2.61. The highest BCUT2D eigenvalue weighted by Gasteiger charge is 2.50. The fourth-order valence-corrected chi connectivity index (χ4v) is 2.61. The van der Waals surface area contributed by atoms with Crippen LogP contribution in [0.2, 0.25) is 0 Å². The highest BCUT2D eigenvalue weighted by atomic mass is 19.4. The van der Waals surface area contributed by atoms with Crippen LogP contribution in [-0.2, 0) is 11.0 Å². The number of hydrogen-bond donors (Lipinski definition) is 1. The maximum absolute atomic E-state index is 14.3. The largest absolute Gasteiger partial charge is 0.478 e. The summed E-state index contributed by atoms with van der Waals surface area (Å²) in [5, 5.41) is 6.09. The third-order valence-electron chi connectivity index (χ3n) is 4.27. The van der Waals surface area contributed by atoms with E-state index in [1.54, 1.807) is 0 Å². The number of hydrogen-bond acceptors (Lipinski definition) is 5. The van der Waals surface area contributed by atoms with Crippen molar-refractivity contribution in [3.05, 3.63) is 48.2 Å². The summed E-state index contributed by atoms with van der Waals surface area (Å²) in [6.45, 7) is 1.48. The first-order valence-electron chi connectivity index (χ1n) is 8.98. The van der Waals surface area contributed by atoms with Gasteiger partial charge in [0.05, 0.1) is 18.1 Å². The zero-order valence-electron chi connectivity index (χ0n) is 16.8. The molecule has 176 valence electrons. The summed E-state index contributed by atoms with van der Waals surface area (Å²) in [6.07, 6.45) is -7.97. The molecule has 0 atom stereocenters. The van der Waals surface area contributed by atoms with Gasteiger partial charge in [-0.05, 0) is 26.0 Å². The van der Waals surface area contributed by atoms with Gasteiger partial charge in [0.15, 0.2) is 22.9 Å². The van der Waals surface area contributed by atoms with Gasteiger partial charge in [0.2, 0.25) is 6.41 Å². The lowest BCUT2D eigenvalue weighted by Crippen LogP contribution is -2.44. The molecule has 0 fully saturated rings. The summed E-state index contributed by atoms with van der Waals surface area (Å²) in [6, 6.07) is 3.80. The molecule has 7 nitrogen and oxygen atoms in total. The molecule has 2 aromatic heterocycles. The second-order valence-corrected chi connectivity index (χ2v) is 7.13. The summed E-state index contributed by atoms with van der Waals surface area (Å²) >= 11 is 0. The molecule has 0 unspecified atom stereocenters. The molecule has 1 aromatic carbocycles. The first kappa shape index (κ1) is 23.9. The number of carbonyl (C=O) groups is 1. The molecule has 0 bridgehead atoms. The van der Waals surface area contributed by atoms with Crippen LogP contribution in [0.3, 0.4) is 0 Å². The summed E-state index contributed by atoms with van der Waals surface area (Å²) in [4.78, 5) is 17.7. The van der Waals surface area contributed by atoms with Crippen molar-refractivity contribution in [1.29, 1.82) is 0 Å². The Morgan fingerprint density at radius 3 is 2.33 bits per heavy atom. The lowest BCUT2D eigenvalue weighted by molar-refractivity contribution is -0.234. The Labute approximate surface area is 181 Å². The van der Waals surface area contributed by atoms with Crippen LogP contribution in [0.25, 0.3) is 17.1 Å². The van der Waals surface area contributed by atoms with Gasteiger partial charge in [-0.25, -0.2) is 14.1 Å². The van der Waals surface area contributed by atoms with Gasteiger partial charge in [-0.2, -0.15) is 26.3 Å². The van der Waals surface area contributed by atoms with Crippen molar-refractivity contribution in [2.45, 2.75) is 31.8 Å². The molecule has 2 heterocycles. The van der Waals surface area contributed by atoms with Gasteiger partial charge in [0.25, 0.3) is 0 Å². The van der Waals surface area contributed by atoms with Crippen LogP contribution in [0, 0.1) is 5.82 Å². The van der Waals surface area contributed by atoms with E-state index in [2.05, 4.69) is 20.4 Å². The predicted octanol–water partition coefficient (Wildman–Crippen LogP) is 4.78. The second kappa shape index (κ2) is 8.33. The van der Waals surface area contributed by atoms with Crippen LogP contribution in [0.15, 0.2) is 36.7 Å². The number of rotatable bonds is 6. The van der Waals surface area contributed by atoms with Crippen LogP contribution in [0.1, 0.15) is 19.5 Å². The van der Waals surface area contributed by atoms with Crippen molar-refractivity contribution in [1.82, 2.24) is 19.7 Å². The predicted molar refractivity (Wildman–Crippen MR) is 100.0 cm³/mol. The van der Waals surface area contributed by atoms with Crippen molar-refractivity contribution in [2.24, 2.45) is 0 Å². The van der Waals surface area contributed by atoms with E-state index in [9.17, 15) is 35.5 Å². The topological polar surface area (TPSA) is 81.9 Å². The Morgan fingerprint density at radius 1 is 1.03 bits per heavy atom. The minimum atomic E-state index is -4.83. The van der Waals surface area contributed by atoms with Gasteiger partial charge < -0.3 is 10.1 Å². The number of alkyl halides is 6. The van der Waals surface area contributed by atoms with E-state index in [1.807, 2.05) is 0 Å². The molecule has 3 aromatic rings. The Hall–Kier alpha value is -3.71. The minimum Gasteiger partial charge on any atom is -0.478 e. The van der Waals surface area contributed by atoms with Gasteiger partial charge in [0, 0.05) is 17.7 Å². The van der Waals surface area contributed by atoms with Gasteiger partial charge in [-0.3, -0.25) is 9.78 Å². The monoisotopic (exact) mass is 477 g/mol. The van der Waals surface area contributed by atoms with Crippen molar-refractivity contribution >= 4 is 12.2 Å². The number of ether oxygens (including phenoxy) is 1. The second-order valence-electron chi connectivity index (χ2n) is 7.13. The summed E-state index contributed by atoms with van der Waals surface area (Å²) < 4.78 is 98.6. The normalized spacial score (nSPS) is 12.5. The maximum Gasteiger partial charge on any atom is 0.434 e. The Kier molecular flexibility index (Phi) is 6.04. The molecule has 0 saturated heterocycles. The lowest BCUT2D eigenvalue weighted by atomic mass is 10.1. The number of carbonyl (C=O) groups excluding carboxylic acids is 1. The molecule has 1 N–H and O–H groups in total. The molecular formula is C19H14F7N5O2. The van der Waals surface area contributed by atoms with Crippen LogP contribution >= 0.6 is 0 Å². The molecule has 33 heavy (non-hydrogen) atoms. The lowest BCUT2D eigenvalue weighted by Gasteiger charge is -2.29. The van der Waals surface area contributed by atoms with Crippen molar-refractivity contribution in [3.8, 4) is 22.8 Å². The number of halogens is 7. The molecule has 3 rings (SSSR count). The number of benzene rings is 1. The van der Waals surface area contributed by atoms with Gasteiger partial charge >= 0.3 is 12.4 Å². The summed E-state index contributed by atoms with van der Waals surface area (Å²) in [5.74, 6) is -2.09. The van der Waals surface area contributed by atoms with Gasteiger partial charge in [-0.15, -0.1) is 5.10 Å². The molecule has 0 spiro atoms. The standard InChI is InChI=1S/C19H14F7N5O2/c1-17(2,19(24,25)26)33-12-4-10(3-11(20)5-12)13-6-15(28-9-32)30-31(13)16-8-27-7-14(29-16)18(21,22)23/h3-9H,1-2H3,(H,28,30,32). The van der Waals surface area contributed by atoms with Crippen molar-refractivity contribution in [3.63, 3.8) is 0 Å². The highest BCUT2D eigenvalue weighted by molar-refractivity contribution is 5.74.